The van der Waals surface area contributed by atoms with E-state index in [1.807, 2.05) is 4.90 Å². The maximum absolute atomic E-state index is 13.1. The Kier molecular flexibility index (Phi) is 6.94. The van der Waals surface area contributed by atoms with Gasteiger partial charge in [0.2, 0.25) is 5.89 Å². The monoisotopic (exact) mass is 433 g/mol. The van der Waals surface area contributed by atoms with E-state index in [2.05, 4.69) is 4.98 Å². The van der Waals surface area contributed by atoms with Crippen LogP contribution < -0.4 is 0 Å². The highest BCUT2D eigenvalue weighted by Crippen LogP contribution is 2.22. The summed E-state index contributed by atoms with van der Waals surface area (Å²) in [5.74, 6) is -0.372. The van der Waals surface area contributed by atoms with Crippen molar-refractivity contribution in [3.63, 3.8) is 0 Å². The van der Waals surface area contributed by atoms with Crippen molar-refractivity contribution in [3.8, 4) is 11.5 Å². The molecule has 1 atom stereocenters. The van der Waals surface area contributed by atoms with Gasteiger partial charge in [0.05, 0.1) is 18.8 Å². The Morgan fingerprint density at radius 3 is 2.58 bits per heavy atom. The second-order valence-corrected chi connectivity index (χ2v) is 8.32. The van der Waals surface area contributed by atoms with E-state index in [0.29, 0.717) is 36.8 Å². The van der Waals surface area contributed by atoms with Gasteiger partial charge in [-0.2, -0.15) is 0 Å². The lowest BCUT2D eigenvalue weighted by molar-refractivity contribution is -0.152. The molecular weight excluding hydrogens is 405 g/mol. The molecule has 1 aromatic carbocycles. The molecular formula is C22H28FN3O5. The Bertz CT molecular complexity index is 907. The van der Waals surface area contributed by atoms with Gasteiger partial charge in [-0.15, -0.1) is 0 Å². The number of benzene rings is 1. The van der Waals surface area contributed by atoms with E-state index in [0.717, 1.165) is 0 Å². The highest BCUT2D eigenvalue weighted by atomic mass is 19.1. The smallest absolute Gasteiger partial charge is 0.410 e. The molecule has 9 heteroatoms. The van der Waals surface area contributed by atoms with E-state index in [-0.39, 0.29) is 19.0 Å². The molecule has 1 amide bonds. The van der Waals surface area contributed by atoms with Crippen LogP contribution in [0.15, 0.2) is 34.9 Å². The van der Waals surface area contributed by atoms with E-state index in [1.165, 1.54) is 23.3 Å². The van der Waals surface area contributed by atoms with Gasteiger partial charge in [0.1, 0.15) is 23.7 Å². The number of piperazine rings is 1. The Balaban J connectivity index is 1.71. The SMILES string of the molecule is CCOC(=O)[C@H]1CN(C(=O)OC(C)(C)C)CCN1Cc1coc(-c2ccc(F)cc2)n1. The number of hydrogen-bond acceptors (Lipinski definition) is 7. The second-order valence-electron chi connectivity index (χ2n) is 8.32. The van der Waals surface area contributed by atoms with Crippen molar-refractivity contribution in [2.24, 2.45) is 0 Å². The summed E-state index contributed by atoms with van der Waals surface area (Å²) in [7, 11) is 0. The highest BCUT2D eigenvalue weighted by Gasteiger charge is 2.37. The van der Waals surface area contributed by atoms with Crippen LogP contribution in [0.2, 0.25) is 0 Å². The molecule has 3 rings (SSSR count). The number of esters is 1. The van der Waals surface area contributed by atoms with E-state index in [4.69, 9.17) is 13.9 Å². The molecule has 0 spiro atoms. The van der Waals surface area contributed by atoms with E-state index in [9.17, 15) is 14.0 Å². The van der Waals surface area contributed by atoms with Crippen molar-refractivity contribution in [2.75, 3.05) is 26.2 Å². The normalized spacial score (nSPS) is 17.5. The van der Waals surface area contributed by atoms with Crippen molar-refractivity contribution in [2.45, 2.75) is 45.9 Å². The number of halogens is 1. The molecule has 0 bridgehead atoms. The Morgan fingerprint density at radius 2 is 1.94 bits per heavy atom. The predicted octanol–water partition coefficient (Wildman–Crippen LogP) is 3.47. The standard InChI is InChI=1S/C22H28FN3O5/c1-5-29-20(27)18-13-26(21(28)31-22(2,3)4)11-10-25(18)12-17-14-30-19(24-17)15-6-8-16(23)9-7-15/h6-9,14,18H,5,10-13H2,1-4H3/t18-/m1/s1. The van der Waals surface area contributed by atoms with Crippen LogP contribution in [0.25, 0.3) is 11.5 Å². The minimum absolute atomic E-state index is 0.163. The zero-order valence-electron chi connectivity index (χ0n) is 18.3. The molecule has 1 aromatic heterocycles. The van der Waals surface area contributed by atoms with Crippen LogP contribution in [-0.2, 0) is 20.8 Å². The van der Waals surface area contributed by atoms with Crippen molar-refractivity contribution in [1.82, 2.24) is 14.8 Å². The summed E-state index contributed by atoms with van der Waals surface area (Å²) in [5, 5.41) is 0. The summed E-state index contributed by atoms with van der Waals surface area (Å²) >= 11 is 0. The minimum atomic E-state index is -0.646. The van der Waals surface area contributed by atoms with Gasteiger partial charge in [0, 0.05) is 25.2 Å². The second kappa shape index (κ2) is 9.47. The average Bonchev–Trinajstić information content (AvgIpc) is 3.16. The fraction of sp³-hybridized carbons (Fsp3) is 0.500. The van der Waals surface area contributed by atoms with Crippen LogP contribution in [0, 0.1) is 5.82 Å². The first-order chi connectivity index (χ1) is 14.7. The molecule has 1 aliphatic heterocycles. The van der Waals surface area contributed by atoms with Crippen molar-refractivity contribution >= 4 is 12.1 Å². The number of carbonyl (C=O) groups excluding carboxylic acids is 2. The molecule has 1 fully saturated rings. The summed E-state index contributed by atoms with van der Waals surface area (Å²) in [6.07, 6.45) is 1.06. The Morgan fingerprint density at radius 1 is 1.23 bits per heavy atom. The van der Waals surface area contributed by atoms with Gasteiger partial charge in [-0.25, -0.2) is 14.2 Å². The fourth-order valence-electron chi connectivity index (χ4n) is 3.28. The molecule has 1 saturated heterocycles. The molecule has 8 nitrogen and oxygen atoms in total. The molecule has 0 aliphatic carbocycles. The third-order valence-corrected chi connectivity index (χ3v) is 4.71. The molecule has 1 aliphatic rings. The summed E-state index contributed by atoms with van der Waals surface area (Å²) in [6.45, 7) is 8.74. The van der Waals surface area contributed by atoms with Crippen LogP contribution in [-0.4, -0.2) is 64.7 Å². The zero-order chi connectivity index (χ0) is 22.6. The first kappa shape index (κ1) is 22.7. The van der Waals surface area contributed by atoms with Crippen LogP contribution in [0.1, 0.15) is 33.4 Å². The number of aromatic nitrogens is 1. The lowest BCUT2D eigenvalue weighted by atomic mass is 10.1. The summed E-state index contributed by atoms with van der Waals surface area (Å²) in [5.41, 5.74) is 0.661. The number of rotatable bonds is 5. The van der Waals surface area contributed by atoms with E-state index >= 15 is 0 Å². The topological polar surface area (TPSA) is 85.1 Å². The van der Waals surface area contributed by atoms with Gasteiger partial charge >= 0.3 is 12.1 Å². The third-order valence-electron chi connectivity index (χ3n) is 4.71. The lowest BCUT2D eigenvalue weighted by Crippen LogP contribution is -2.58. The Labute approximate surface area is 180 Å². The quantitative estimate of drug-likeness (QED) is 0.668. The lowest BCUT2D eigenvalue weighted by Gasteiger charge is -2.39. The van der Waals surface area contributed by atoms with Gasteiger partial charge in [-0.1, -0.05) is 0 Å². The van der Waals surface area contributed by atoms with Crippen molar-refractivity contribution in [1.29, 1.82) is 0 Å². The molecule has 2 heterocycles. The predicted molar refractivity (Wildman–Crippen MR) is 111 cm³/mol. The summed E-state index contributed by atoms with van der Waals surface area (Å²) in [6, 6.07) is 5.21. The highest BCUT2D eigenvalue weighted by molar-refractivity contribution is 5.78. The number of carbonyl (C=O) groups is 2. The molecule has 0 radical (unpaired) electrons. The van der Waals surface area contributed by atoms with Crippen LogP contribution in [0.5, 0.6) is 0 Å². The number of amides is 1. The van der Waals surface area contributed by atoms with Crippen molar-refractivity contribution in [3.05, 3.63) is 42.0 Å². The largest absolute Gasteiger partial charge is 0.465 e. The van der Waals surface area contributed by atoms with Gasteiger partial charge in [0.15, 0.2) is 0 Å². The molecule has 0 saturated carbocycles. The Hall–Kier alpha value is -2.94. The maximum atomic E-state index is 13.1. The zero-order valence-corrected chi connectivity index (χ0v) is 18.3. The minimum Gasteiger partial charge on any atom is -0.465 e. The van der Waals surface area contributed by atoms with Crippen LogP contribution >= 0.6 is 0 Å². The van der Waals surface area contributed by atoms with E-state index < -0.39 is 23.7 Å². The van der Waals surface area contributed by atoms with Crippen molar-refractivity contribution < 1.29 is 27.9 Å². The molecule has 0 unspecified atom stereocenters. The number of oxazole rings is 1. The van der Waals surface area contributed by atoms with Gasteiger partial charge in [-0.3, -0.25) is 9.69 Å². The number of hydrogen-bond donors (Lipinski definition) is 0. The van der Waals surface area contributed by atoms with Crippen LogP contribution in [0.3, 0.4) is 0 Å². The molecule has 31 heavy (non-hydrogen) atoms. The third kappa shape index (κ3) is 6.04. The molecule has 168 valence electrons. The number of nitrogens with zero attached hydrogens (tertiary/aromatic N) is 3. The summed E-state index contributed by atoms with van der Waals surface area (Å²) in [4.78, 5) is 32.9. The maximum Gasteiger partial charge on any atom is 0.410 e. The van der Waals surface area contributed by atoms with Crippen LogP contribution in [0.4, 0.5) is 9.18 Å². The average molecular weight is 433 g/mol. The molecule has 2 aromatic rings. The van der Waals surface area contributed by atoms with E-state index in [1.54, 1.807) is 39.8 Å². The fourth-order valence-corrected chi connectivity index (χ4v) is 3.28. The van der Waals surface area contributed by atoms with Gasteiger partial charge < -0.3 is 18.8 Å². The molecule has 0 N–H and O–H groups in total. The van der Waals surface area contributed by atoms with Gasteiger partial charge in [0.25, 0.3) is 0 Å². The first-order valence-electron chi connectivity index (χ1n) is 10.2. The van der Waals surface area contributed by atoms with Gasteiger partial charge in [-0.05, 0) is 52.0 Å². The summed E-state index contributed by atoms with van der Waals surface area (Å²) < 4.78 is 29.3. The first-order valence-corrected chi connectivity index (χ1v) is 10.2. The number of ether oxygens (including phenoxy) is 2.